The van der Waals surface area contributed by atoms with Gasteiger partial charge in [-0.15, -0.1) is 0 Å². The minimum Gasteiger partial charge on any atom is -0.507 e. The van der Waals surface area contributed by atoms with Crippen molar-refractivity contribution >= 4 is 12.4 Å². The van der Waals surface area contributed by atoms with E-state index in [1.54, 1.807) is 28.9 Å². The van der Waals surface area contributed by atoms with Crippen molar-refractivity contribution in [3.05, 3.63) is 66.6 Å². The Hall–Kier alpha value is -4.22. The molecule has 2 aromatic carbocycles. The summed E-state index contributed by atoms with van der Waals surface area (Å²) in [5.41, 5.74) is 4.44. The minimum atomic E-state index is -0.0517. The summed E-state index contributed by atoms with van der Waals surface area (Å²) in [6.45, 7) is 6.04. The Morgan fingerprint density at radius 3 is 2.46 bits per heavy atom. The second-order valence-electron chi connectivity index (χ2n) is 8.29. The van der Waals surface area contributed by atoms with Gasteiger partial charge in [0.25, 0.3) is 0 Å². The summed E-state index contributed by atoms with van der Waals surface area (Å²) in [5, 5.41) is 23.5. The van der Waals surface area contributed by atoms with Crippen LogP contribution in [0.2, 0.25) is 0 Å². The van der Waals surface area contributed by atoms with Gasteiger partial charge in [0.05, 0.1) is 11.8 Å². The Morgan fingerprint density at radius 1 is 1.00 bits per heavy atom. The highest BCUT2D eigenvalue weighted by atomic mass is 16.5. The summed E-state index contributed by atoms with van der Waals surface area (Å²) in [7, 11) is 0. The van der Waals surface area contributed by atoms with Gasteiger partial charge in [-0.05, 0) is 61.3 Å². The summed E-state index contributed by atoms with van der Waals surface area (Å²) in [6, 6.07) is 14.9. The van der Waals surface area contributed by atoms with Crippen molar-refractivity contribution in [2.75, 3.05) is 26.2 Å². The number of aromatic nitrogens is 3. The highest BCUT2D eigenvalue weighted by Crippen LogP contribution is 2.29. The summed E-state index contributed by atoms with van der Waals surface area (Å²) in [6.07, 6.45) is 9.39. The molecule has 35 heavy (non-hydrogen) atoms. The number of piperidine rings is 1. The van der Waals surface area contributed by atoms with Crippen LogP contribution in [0.15, 0.2) is 61.1 Å². The molecule has 0 aliphatic carbocycles. The van der Waals surface area contributed by atoms with E-state index in [0.717, 1.165) is 34.5 Å². The lowest BCUT2D eigenvalue weighted by molar-refractivity contribution is -0.0980. The number of rotatable bonds is 6. The van der Waals surface area contributed by atoms with E-state index in [0.29, 0.717) is 12.3 Å². The fourth-order valence-electron chi connectivity index (χ4n) is 4.24. The molecule has 0 spiro atoms. The van der Waals surface area contributed by atoms with Crippen LogP contribution >= 0.6 is 0 Å². The van der Waals surface area contributed by atoms with Crippen LogP contribution in [0, 0.1) is 11.3 Å². The predicted octanol–water partition coefficient (Wildman–Crippen LogP) is 4.32. The Kier molecular flexibility index (Phi) is 7.70. The number of nitrogens with zero attached hydrogens (tertiary/aromatic N) is 5. The molecule has 1 saturated heterocycles. The van der Waals surface area contributed by atoms with Crippen molar-refractivity contribution in [2.24, 2.45) is 0 Å². The zero-order valence-corrected chi connectivity index (χ0v) is 19.4. The predicted molar refractivity (Wildman–Crippen MR) is 133 cm³/mol. The number of phenols is 1. The number of hydrogen-bond donors (Lipinski definition) is 1. The lowest BCUT2D eigenvalue weighted by Crippen LogP contribution is -2.33. The smallest absolute Gasteiger partial charge is 0.162 e. The van der Waals surface area contributed by atoms with E-state index in [2.05, 4.69) is 15.0 Å². The molecule has 1 aliphatic rings. The van der Waals surface area contributed by atoms with Crippen molar-refractivity contribution in [3.8, 4) is 39.8 Å². The van der Waals surface area contributed by atoms with E-state index >= 15 is 0 Å². The average Bonchev–Trinajstić information content (AvgIpc) is 3.34. The van der Waals surface area contributed by atoms with Crippen LogP contribution in [0.4, 0.5) is 0 Å². The monoisotopic (exact) mass is 469 g/mol. The molecule has 0 unspecified atom stereocenters. The van der Waals surface area contributed by atoms with Crippen molar-refractivity contribution in [1.82, 2.24) is 19.5 Å². The first-order chi connectivity index (χ1) is 17.2. The highest BCUT2D eigenvalue weighted by Gasteiger charge is 2.12. The van der Waals surface area contributed by atoms with E-state index in [-0.39, 0.29) is 11.3 Å². The molecule has 0 amide bonds. The summed E-state index contributed by atoms with van der Waals surface area (Å²) >= 11 is 0. The normalized spacial score (nSPS) is 13.6. The maximum Gasteiger partial charge on any atom is 0.162 e. The molecule has 178 valence electrons. The zero-order valence-electron chi connectivity index (χ0n) is 19.4. The fourth-order valence-corrected chi connectivity index (χ4v) is 4.24. The molecule has 8 nitrogen and oxygen atoms in total. The molecule has 4 aromatic rings. The van der Waals surface area contributed by atoms with E-state index < -0.39 is 0 Å². The molecule has 0 bridgehead atoms. The van der Waals surface area contributed by atoms with Crippen LogP contribution < -0.4 is 4.74 Å². The van der Waals surface area contributed by atoms with Gasteiger partial charge in [-0.1, -0.05) is 24.6 Å². The molecule has 1 N–H and O–H groups in total. The lowest BCUT2D eigenvalue weighted by atomic mass is 10.1. The van der Waals surface area contributed by atoms with Gasteiger partial charge in [-0.2, -0.15) is 10.4 Å². The van der Waals surface area contributed by atoms with Crippen LogP contribution in [0.25, 0.3) is 27.9 Å². The standard InChI is InChI=1S/C26H25N5O2.CH2O/c27-15-21-5-4-20(14-25(21)32)24-17-29-31-18-22(16-28-26(24)31)19-6-8-23(9-7-19)33-13-12-30-10-2-1-3-11-30;1-2/h4-9,14,16-18,32H,1-3,10-13H2;1H2. The lowest BCUT2D eigenvalue weighted by Gasteiger charge is -2.26. The van der Waals surface area contributed by atoms with Crippen LogP contribution in [0.1, 0.15) is 24.8 Å². The fraction of sp³-hybridized carbons (Fsp3) is 0.259. The first-order valence-electron chi connectivity index (χ1n) is 11.5. The Labute approximate surface area is 204 Å². The largest absolute Gasteiger partial charge is 0.507 e. The molecule has 8 heteroatoms. The number of hydrogen-bond acceptors (Lipinski definition) is 7. The van der Waals surface area contributed by atoms with Gasteiger partial charge >= 0.3 is 0 Å². The molecule has 5 rings (SSSR count). The highest BCUT2D eigenvalue weighted by molar-refractivity contribution is 5.79. The van der Waals surface area contributed by atoms with Gasteiger partial charge < -0.3 is 14.6 Å². The SMILES string of the molecule is C=O.N#Cc1ccc(-c2cnn3cc(-c4ccc(OCCN5CCCCC5)cc4)cnc23)cc1O. The first kappa shape index (κ1) is 23.9. The quantitative estimate of drug-likeness (QED) is 0.448. The topological polar surface area (TPSA) is 104 Å². The van der Waals surface area contributed by atoms with Crippen LogP contribution in [0.3, 0.4) is 0 Å². The summed E-state index contributed by atoms with van der Waals surface area (Å²) < 4.78 is 7.66. The zero-order chi connectivity index (χ0) is 24.6. The maximum absolute atomic E-state index is 10.0. The van der Waals surface area contributed by atoms with Gasteiger partial charge in [0, 0.05) is 30.1 Å². The van der Waals surface area contributed by atoms with E-state index in [1.165, 1.54) is 32.4 Å². The molecule has 0 saturated carbocycles. The number of likely N-dealkylation sites (tertiary alicyclic amines) is 1. The van der Waals surface area contributed by atoms with Crippen LogP contribution in [0.5, 0.6) is 11.5 Å². The molecule has 0 radical (unpaired) electrons. The second kappa shape index (κ2) is 11.3. The van der Waals surface area contributed by atoms with Crippen molar-refractivity contribution in [2.45, 2.75) is 19.3 Å². The molecular weight excluding hydrogens is 442 g/mol. The number of carbonyl (C=O) groups is 1. The van der Waals surface area contributed by atoms with Crippen LogP contribution in [-0.2, 0) is 4.79 Å². The maximum atomic E-state index is 10.0. The summed E-state index contributed by atoms with van der Waals surface area (Å²) in [5.74, 6) is 0.816. The molecule has 0 atom stereocenters. The number of carbonyl (C=O) groups excluding carboxylic acids is 1. The molecular formula is C27H27N5O3. The number of phenolic OH excluding ortho intramolecular Hbond substituents is 1. The third-order valence-corrected chi connectivity index (χ3v) is 6.10. The molecule has 2 aromatic heterocycles. The van der Waals surface area contributed by atoms with Crippen molar-refractivity contribution < 1.29 is 14.6 Å². The minimum absolute atomic E-state index is 0.0517. The first-order valence-corrected chi connectivity index (χ1v) is 11.5. The van der Waals surface area contributed by atoms with E-state index in [4.69, 9.17) is 14.8 Å². The molecule has 1 fully saturated rings. The van der Waals surface area contributed by atoms with Gasteiger partial charge in [-0.25, -0.2) is 9.50 Å². The third kappa shape index (κ3) is 5.48. The van der Waals surface area contributed by atoms with E-state index in [1.807, 2.05) is 49.5 Å². The third-order valence-electron chi connectivity index (χ3n) is 6.10. The van der Waals surface area contributed by atoms with E-state index in [9.17, 15) is 5.11 Å². The Balaban J connectivity index is 0.00000141. The second-order valence-corrected chi connectivity index (χ2v) is 8.29. The molecule has 3 heterocycles. The van der Waals surface area contributed by atoms with Crippen LogP contribution in [-0.4, -0.2) is 57.6 Å². The average molecular weight is 470 g/mol. The number of ether oxygens (including phenoxy) is 1. The Morgan fingerprint density at radius 2 is 1.74 bits per heavy atom. The summed E-state index contributed by atoms with van der Waals surface area (Å²) in [4.78, 5) is 15.1. The Bertz CT molecular complexity index is 1320. The van der Waals surface area contributed by atoms with Crippen molar-refractivity contribution in [3.63, 3.8) is 0 Å². The number of fused-ring (bicyclic) bond motifs is 1. The van der Waals surface area contributed by atoms with Gasteiger partial charge in [0.15, 0.2) is 5.65 Å². The number of benzene rings is 2. The van der Waals surface area contributed by atoms with Gasteiger partial charge in [0.2, 0.25) is 0 Å². The van der Waals surface area contributed by atoms with Gasteiger partial charge in [-0.3, -0.25) is 4.90 Å². The van der Waals surface area contributed by atoms with Gasteiger partial charge in [0.1, 0.15) is 31.0 Å². The molecule has 1 aliphatic heterocycles. The number of nitriles is 1. The van der Waals surface area contributed by atoms with Crippen molar-refractivity contribution in [1.29, 1.82) is 5.26 Å². The number of aromatic hydroxyl groups is 1.